The fourth-order valence-corrected chi connectivity index (χ4v) is 5.92. The van der Waals surface area contributed by atoms with Crippen molar-refractivity contribution in [1.29, 1.82) is 0 Å². The molecule has 2 aliphatic rings. The number of anilines is 2. The summed E-state index contributed by atoms with van der Waals surface area (Å²) < 4.78 is 0. The zero-order valence-corrected chi connectivity index (χ0v) is 21.4. The number of carbonyl (C=O) groups excluding carboxylic acids is 1. The summed E-state index contributed by atoms with van der Waals surface area (Å²) in [6.07, 6.45) is 5.43. The minimum Gasteiger partial charge on any atom is -0.368 e. The highest BCUT2D eigenvalue weighted by Gasteiger charge is 2.32. The van der Waals surface area contributed by atoms with Crippen LogP contribution in [-0.2, 0) is 4.79 Å². The average molecular weight is 488 g/mol. The average Bonchev–Trinajstić information content (AvgIpc) is 2.90. The maximum absolute atomic E-state index is 13.5. The highest BCUT2D eigenvalue weighted by atomic mass is 32.2. The van der Waals surface area contributed by atoms with Gasteiger partial charge in [-0.1, -0.05) is 47.7 Å². The molecule has 35 heavy (non-hydrogen) atoms. The van der Waals surface area contributed by atoms with Crippen molar-refractivity contribution in [2.75, 3.05) is 49.1 Å². The molecule has 0 bridgehead atoms. The Morgan fingerprint density at radius 1 is 0.886 bits per heavy atom. The fourth-order valence-electron chi connectivity index (χ4n) is 5.04. The summed E-state index contributed by atoms with van der Waals surface area (Å²) in [4.78, 5) is 30.7. The molecule has 3 heterocycles. The van der Waals surface area contributed by atoms with Gasteiger partial charge < -0.3 is 14.7 Å². The van der Waals surface area contributed by atoms with E-state index in [2.05, 4.69) is 87.0 Å². The Balaban J connectivity index is 1.23. The molecule has 2 aromatic carbocycles. The first-order valence-electron chi connectivity index (χ1n) is 12.5. The van der Waals surface area contributed by atoms with Crippen LogP contribution in [0.25, 0.3) is 0 Å². The first kappa shape index (κ1) is 23.7. The third kappa shape index (κ3) is 5.45. The lowest BCUT2D eigenvalue weighted by Gasteiger charge is -2.40. The van der Waals surface area contributed by atoms with Gasteiger partial charge in [-0.05, 0) is 50.5 Å². The third-order valence-electron chi connectivity index (χ3n) is 7.00. The number of aromatic nitrogens is 2. The smallest absolute Gasteiger partial charge is 0.227 e. The summed E-state index contributed by atoms with van der Waals surface area (Å²) in [5, 5.41) is 0.899. The Bertz CT molecular complexity index is 1160. The third-order valence-corrected chi connectivity index (χ3v) is 7.99. The summed E-state index contributed by atoms with van der Waals surface area (Å²) in [6, 6.07) is 17.0. The Morgan fingerprint density at radius 2 is 1.63 bits per heavy atom. The van der Waals surface area contributed by atoms with Crippen molar-refractivity contribution in [3.8, 4) is 0 Å². The van der Waals surface area contributed by atoms with Crippen molar-refractivity contribution in [3.05, 3.63) is 72.1 Å². The number of nitrogens with zero attached hydrogens (tertiary/aromatic N) is 5. The molecule has 1 aromatic heterocycles. The molecule has 0 saturated carbocycles. The van der Waals surface area contributed by atoms with Gasteiger partial charge in [0.2, 0.25) is 5.91 Å². The number of amides is 1. The van der Waals surface area contributed by atoms with Crippen LogP contribution in [0.5, 0.6) is 0 Å². The zero-order chi connectivity index (χ0) is 24.2. The van der Waals surface area contributed by atoms with Crippen LogP contribution in [-0.4, -0.2) is 60.0 Å². The van der Waals surface area contributed by atoms with Gasteiger partial charge in [0, 0.05) is 62.2 Å². The molecule has 7 heteroatoms. The van der Waals surface area contributed by atoms with Gasteiger partial charge in [0.05, 0.1) is 5.92 Å². The minimum absolute atomic E-state index is 0.00740. The van der Waals surface area contributed by atoms with Crippen LogP contribution in [0.3, 0.4) is 0 Å². The molecule has 6 nitrogen and oxygen atoms in total. The molecule has 0 radical (unpaired) electrons. The van der Waals surface area contributed by atoms with E-state index < -0.39 is 0 Å². The van der Waals surface area contributed by atoms with Crippen molar-refractivity contribution in [3.63, 3.8) is 0 Å². The van der Waals surface area contributed by atoms with Crippen LogP contribution in [0, 0.1) is 19.8 Å². The number of hydrogen-bond acceptors (Lipinski definition) is 6. The first-order valence-corrected chi connectivity index (χ1v) is 13.3. The van der Waals surface area contributed by atoms with E-state index >= 15 is 0 Å². The normalized spacial score (nSPS) is 18.6. The van der Waals surface area contributed by atoms with E-state index in [0.717, 1.165) is 61.3 Å². The van der Waals surface area contributed by atoms with E-state index in [4.69, 9.17) is 0 Å². The van der Waals surface area contributed by atoms with E-state index in [1.54, 1.807) is 24.2 Å². The Labute approximate surface area is 212 Å². The number of aryl methyl sites for hydroxylation is 2. The SMILES string of the molecule is Cc1ccc(Sc2nccnc2N2CCCC(C(=O)N3CCN(c4ccccc4C)CC3)C2)cc1. The van der Waals surface area contributed by atoms with Crippen LogP contribution in [0.15, 0.2) is 70.8 Å². The highest BCUT2D eigenvalue weighted by Crippen LogP contribution is 2.34. The second kappa shape index (κ2) is 10.7. The number of hydrogen-bond donors (Lipinski definition) is 0. The monoisotopic (exact) mass is 487 g/mol. The van der Waals surface area contributed by atoms with Crippen molar-refractivity contribution < 1.29 is 4.79 Å². The van der Waals surface area contributed by atoms with Crippen LogP contribution in [0.4, 0.5) is 11.5 Å². The molecule has 1 atom stereocenters. The van der Waals surface area contributed by atoms with Crippen LogP contribution in [0.1, 0.15) is 24.0 Å². The van der Waals surface area contributed by atoms with Crippen molar-refractivity contribution >= 4 is 29.2 Å². The second-order valence-corrected chi connectivity index (χ2v) is 10.5. The first-order chi connectivity index (χ1) is 17.1. The predicted octanol–water partition coefficient (Wildman–Crippen LogP) is 4.81. The van der Waals surface area contributed by atoms with Gasteiger partial charge in [0.15, 0.2) is 5.82 Å². The summed E-state index contributed by atoms with van der Waals surface area (Å²) in [5.41, 5.74) is 3.81. The molecule has 5 rings (SSSR count). The Kier molecular flexibility index (Phi) is 7.23. The quantitative estimate of drug-likeness (QED) is 0.515. The van der Waals surface area contributed by atoms with Crippen LogP contribution < -0.4 is 9.80 Å². The molecule has 1 unspecified atom stereocenters. The van der Waals surface area contributed by atoms with Gasteiger partial charge in [-0.2, -0.15) is 0 Å². The molecule has 0 aliphatic carbocycles. The van der Waals surface area contributed by atoms with Gasteiger partial charge >= 0.3 is 0 Å². The lowest BCUT2D eigenvalue weighted by Crippen LogP contribution is -2.52. The van der Waals surface area contributed by atoms with Crippen molar-refractivity contribution in [2.24, 2.45) is 5.92 Å². The molecular formula is C28H33N5OS. The lowest BCUT2D eigenvalue weighted by atomic mass is 9.96. The van der Waals surface area contributed by atoms with E-state index in [9.17, 15) is 4.79 Å². The maximum Gasteiger partial charge on any atom is 0.227 e. The summed E-state index contributed by atoms with van der Waals surface area (Å²) in [6.45, 7) is 9.19. The molecular weight excluding hydrogens is 454 g/mol. The predicted molar refractivity (Wildman–Crippen MR) is 142 cm³/mol. The fraction of sp³-hybridized carbons (Fsp3) is 0.393. The Hall–Kier alpha value is -3.06. The van der Waals surface area contributed by atoms with Gasteiger partial charge in [-0.3, -0.25) is 4.79 Å². The van der Waals surface area contributed by atoms with Gasteiger partial charge in [0.25, 0.3) is 0 Å². The van der Waals surface area contributed by atoms with Crippen molar-refractivity contribution in [2.45, 2.75) is 36.6 Å². The minimum atomic E-state index is 0.00740. The zero-order valence-electron chi connectivity index (χ0n) is 20.6. The molecule has 1 amide bonds. The Morgan fingerprint density at radius 3 is 2.40 bits per heavy atom. The number of carbonyl (C=O) groups is 1. The maximum atomic E-state index is 13.5. The molecule has 0 spiro atoms. The van der Waals surface area contributed by atoms with Crippen LogP contribution in [0.2, 0.25) is 0 Å². The molecule has 2 aliphatic heterocycles. The number of benzene rings is 2. The number of piperazine rings is 1. The summed E-state index contributed by atoms with van der Waals surface area (Å²) in [5.74, 6) is 1.18. The summed E-state index contributed by atoms with van der Waals surface area (Å²) >= 11 is 1.64. The molecule has 2 fully saturated rings. The number of para-hydroxylation sites is 1. The summed E-state index contributed by atoms with van der Waals surface area (Å²) in [7, 11) is 0. The highest BCUT2D eigenvalue weighted by molar-refractivity contribution is 7.99. The van der Waals surface area contributed by atoms with Crippen molar-refractivity contribution in [1.82, 2.24) is 14.9 Å². The molecule has 3 aromatic rings. The molecule has 182 valence electrons. The van der Waals surface area contributed by atoms with E-state index in [0.29, 0.717) is 6.54 Å². The van der Waals surface area contributed by atoms with E-state index in [1.165, 1.54) is 16.8 Å². The lowest BCUT2D eigenvalue weighted by molar-refractivity contribution is -0.136. The topological polar surface area (TPSA) is 52.6 Å². The standard InChI is InChI=1S/C28H33N5OS/c1-21-9-11-24(12-10-21)35-27-26(29-13-14-30-27)33-15-5-7-23(20-33)28(34)32-18-16-31(17-19-32)25-8-4-3-6-22(25)2/h3-4,6,8-14,23H,5,7,15-20H2,1-2H3. The second-order valence-electron chi connectivity index (χ2n) is 9.48. The van der Waals surface area contributed by atoms with E-state index in [-0.39, 0.29) is 11.8 Å². The van der Waals surface area contributed by atoms with Gasteiger partial charge in [-0.25, -0.2) is 9.97 Å². The van der Waals surface area contributed by atoms with Crippen LogP contribution >= 0.6 is 11.8 Å². The van der Waals surface area contributed by atoms with Gasteiger partial charge in [0.1, 0.15) is 5.03 Å². The van der Waals surface area contributed by atoms with E-state index in [1.807, 2.05) is 0 Å². The van der Waals surface area contributed by atoms with Gasteiger partial charge in [-0.15, -0.1) is 0 Å². The molecule has 0 N–H and O–H groups in total. The molecule has 2 saturated heterocycles. The number of piperidine rings is 1. The largest absolute Gasteiger partial charge is 0.368 e. The number of rotatable bonds is 5.